The van der Waals surface area contributed by atoms with Gasteiger partial charge in [0.2, 0.25) is 0 Å². The average molecular weight is 453 g/mol. The Bertz CT molecular complexity index is 1370. The third-order valence-electron chi connectivity index (χ3n) is 5.61. The second kappa shape index (κ2) is 9.40. The first kappa shape index (κ1) is 21.7. The van der Waals surface area contributed by atoms with Crippen LogP contribution in [-0.2, 0) is 0 Å². The maximum Gasteiger partial charge on any atom is 0.169 e. The van der Waals surface area contributed by atoms with Crippen molar-refractivity contribution in [3.63, 3.8) is 0 Å². The first-order valence-corrected chi connectivity index (χ1v) is 11.0. The molecule has 0 bridgehead atoms. The highest BCUT2D eigenvalue weighted by atomic mass is 16.5. The van der Waals surface area contributed by atoms with Crippen molar-refractivity contribution in [1.29, 1.82) is 0 Å². The van der Waals surface area contributed by atoms with Crippen LogP contribution in [0.25, 0.3) is 10.9 Å². The molecule has 0 spiro atoms. The average Bonchev–Trinajstić information content (AvgIpc) is 3.31. The first-order chi connectivity index (χ1) is 16.6. The van der Waals surface area contributed by atoms with Crippen molar-refractivity contribution >= 4 is 22.4 Å². The van der Waals surface area contributed by atoms with Crippen LogP contribution in [0.3, 0.4) is 0 Å². The second-order valence-electron chi connectivity index (χ2n) is 8.07. The smallest absolute Gasteiger partial charge is 0.169 e. The van der Waals surface area contributed by atoms with Gasteiger partial charge in [-0.15, -0.1) is 0 Å². The molecule has 1 aromatic heterocycles. The Morgan fingerprint density at radius 2 is 1.91 bits per heavy atom. The minimum absolute atomic E-state index is 0.481. The summed E-state index contributed by atoms with van der Waals surface area (Å²) in [6.45, 7) is 1.25. The van der Waals surface area contributed by atoms with Gasteiger partial charge in [0.15, 0.2) is 11.5 Å². The summed E-state index contributed by atoms with van der Waals surface area (Å²) in [5.74, 6) is 8.69. The molecule has 34 heavy (non-hydrogen) atoms. The number of fused-ring (bicyclic) bond motifs is 1. The zero-order valence-corrected chi connectivity index (χ0v) is 18.7. The number of aromatic nitrogens is 2. The van der Waals surface area contributed by atoms with Gasteiger partial charge in [0, 0.05) is 35.7 Å². The Morgan fingerprint density at radius 3 is 2.71 bits per heavy atom. The molecule has 1 unspecified atom stereocenters. The number of anilines is 2. The van der Waals surface area contributed by atoms with Gasteiger partial charge in [-0.1, -0.05) is 30.0 Å². The number of hydrogen-bond donors (Lipinski definition) is 3. The molecule has 2 heterocycles. The van der Waals surface area contributed by atoms with Crippen LogP contribution in [-0.4, -0.2) is 40.9 Å². The number of benzene rings is 3. The van der Waals surface area contributed by atoms with Gasteiger partial charge in [0.1, 0.15) is 23.5 Å². The number of para-hydroxylation sites is 1. The topological polar surface area (TPSA) is 88.5 Å². The zero-order valence-electron chi connectivity index (χ0n) is 18.7. The normalized spacial score (nSPS) is 17.1. The number of hydrogen-bond acceptors (Lipinski definition) is 7. The summed E-state index contributed by atoms with van der Waals surface area (Å²) in [6.07, 6.45) is 2.14. The van der Waals surface area contributed by atoms with Crippen LogP contribution in [0.15, 0.2) is 73.1 Å². The molecule has 1 aliphatic rings. The number of methoxy groups -OCH3 is 1. The van der Waals surface area contributed by atoms with E-state index < -0.39 is 5.60 Å². The van der Waals surface area contributed by atoms with Gasteiger partial charge in [-0.2, -0.15) is 0 Å². The molecule has 4 aromatic rings. The predicted molar refractivity (Wildman–Crippen MR) is 132 cm³/mol. The molecule has 0 aliphatic carbocycles. The predicted octanol–water partition coefficient (Wildman–Crippen LogP) is 4.25. The monoisotopic (exact) mass is 452 g/mol. The number of nitrogens with zero attached hydrogens (tertiary/aromatic N) is 2. The van der Waals surface area contributed by atoms with Gasteiger partial charge in [0.25, 0.3) is 0 Å². The van der Waals surface area contributed by atoms with Crippen LogP contribution in [0.1, 0.15) is 12.0 Å². The maximum atomic E-state index is 10.5. The molecule has 3 N–H and O–H groups in total. The van der Waals surface area contributed by atoms with Crippen LogP contribution in [0.5, 0.6) is 17.2 Å². The van der Waals surface area contributed by atoms with Crippen molar-refractivity contribution in [1.82, 2.24) is 15.3 Å². The van der Waals surface area contributed by atoms with E-state index in [2.05, 4.69) is 32.4 Å². The molecular formula is C27H24N4O3. The summed E-state index contributed by atoms with van der Waals surface area (Å²) in [5, 5.41) is 17.8. The molecule has 0 saturated carbocycles. The van der Waals surface area contributed by atoms with Crippen LogP contribution in [0, 0.1) is 11.8 Å². The van der Waals surface area contributed by atoms with E-state index in [1.165, 1.54) is 6.33 Å². The molecule has 1 atom stereocenters. The highest BCUT2D eigenvalue weighted by molar-refractivity contribution is 5.91. The molecule has 0 amide bonds. The standard InChI is InChI=1S/C27H24N4O3/c1-33-25-16-20(8-10-24(25)34-21-5-3-2-4-6-21)31-26-22-15-19(7-9-23(22)29-18-30-26)11-12-27(32)13-14-28-17-27/h2-10,15-16,18,28,32H,13-14,17H2,1H3,(H,29,30,31). The van der Waals surface area contributed by atoms with E-state index in [0.717, 1.165) is 34.4 Å². The number of ether oxygens (including phenoxy) is 2. The van der Waals surface area contributed by atoms with E-state index in [1.54, 1.807) is 7.11 Å². The SMILES string of the molecule is COc1cc(Nc2ncnc3ccc(C#CC4(O)CCNC4)cc23)ccc1Oc1ccccc1. The van der Waals surface area contributed by atoms with E-state index in [9.17, 15) is 5.11 Å². The Morgan fingerprint density at radius 1 is 1.03 bits per heavy atom. The molecule has 1 aliphatic heterocycles. The van der Waals surface area contributed by atoms with Gasteiger partial charge in [-0.25, -0.2) is 9.97 Å². The van der Waals surface area contributed by atoms with Crippen molar-refractivity contribution in [3.05, 3.63) is 78.6 Å². The van der Waals surface area contributed by atoms with Gasteiger partial charge in [-0.3, -0.25) is 0 Å². The quantitative estimate of drug-likeness (QED) is 0.390. The van der Waals surface area contributed by atoms with E-state index >= 15 is 0 Å². The third kappa shape index (κ3) is 4.79. The minimum atomic E-state index is -0.983. The van der Waals surface area contributed by atoms with E-state index in [4.69, 9.17) is 9.47 Å². The van der Waals surface area contributed by atoms with Crippen LogP contribution in [0.4, 0.5) is 11.5 Å². The lowest BCUT2D eigenvalue weighted by Crippen LogP contribution is -2.28. The van der Waals surface area contributed by atoms with Gasteiger partial charge >= 0.3 is 0 Å². The minimum Gasteiger partial charge on any atom is -0.493 e. The first-order valence-electron chi connectivity index (χ1n) is 11.0. The molecule has 3 aromatic carbocycles. The highest BCUT2D eigenvalue weighted by Crippen LogP contribution is 2.35. The van der Waals surface area contributed by atoms with Crippen molar-refractivity contribution in [2.24, 2.45) is 0 Å². The third-order valence-corrected chi connectivity index (χ3v) is 5.61. The summed E-state index contributed by atoms with van der Waals surface area (Å²) in [5.41, 5.74) is 1.39. The summed E-state index contributed by atoms with van der Waals surface area (Å²) in [4.78, 5) is 8.81. The Labute approximate surface area is 197 Å². The summed E-state index contributed by atoms with van der Waals surface area (Å²) in [7, 11) is 1.61. The molecule has 7 nitrogen and oxygen atoms in total. The van der Waals surface area contributed by atoms with Crippen LogP contribution < -0.4 is 20.1 Å². The number of β-amino-alcohol motifs (C(OH)–C–C–N with tert-alkyl or cyclic N) is 1. The Hall–Kier alpha value is -4.12. The van der Waals surface area contributed by atoms with Gasteiger partial charge < -0.3 is 25.2 Å². The molecular weight excluding hydrogens is 428 g/mol. The largest absolute Gasteiger partial charge is 0.493 e. The molecule has 1 fully saturated rings. The summed E-state index contributed by atoms with van der Waals surface area (Å²) in [6, 6.07) is 20.9. The maximum absolute atomic E-state index is 10.5. The van der Waals surface area contributed by atoms with E-state index in [0.29, 0.717) is 30.3 Å². The van der Waals surface area contributed by atoms with Crippen molar-refractivity contribution in [2.45, 2.75) is 12.0 Å². The fraction of sp³-hybridized carbons (Fsp3) is 0.185. The summed E-state index contributed by atoms with van der Waals surface area (Å²) < 4.78 is 11.5. The number of rotatable bonds is 5. The van der Waals surface area contributed by atoms with Gasteiger partial charge in [-0.05, 0) is 49.0 Å². The van der Waals surface area contributed by atoms with Gasteiger partial charge in [0.05, 0.1) is 12.6 Å². The highest BCUT2D eigenvalue weighted by Gasteiger charge is 2.28. The van der Waals surface area contributed by atoms with Crippen molar-refractivity contribution in [3.8, 4) is 29.1 Å². The Balaban J connectivity index is 1.42. The second-order valence-corrected chi connectivity index (χ2v) is 8.07. The lowest BCUT2D eigenvalue weighted by molar-refractivity contribution is 0.124. The fourth-order valence-corrected chi connectivity index (χ4v) is 3.79. The lowest BCUT2D eigenvalue weighted by atomic mass is 10.0. The van der Waals surface area contributed by atoms with E-state index in [1.807, 2.05) is 66.7 Å². The molecule has 0 radical (unpaired) electrons. The number of nitrogens with one attached hydrogen (secondary N) is 2. The molecule has 7 heteroatoms. The van der Waals surface area contributed by atoms with Crippen molar-refractivity contribution in [2.75, 3.05) is 25.5 Å². The molecule has 5 rings (SSSR count). The zero-order chi connectivity index (χ0) is 23.4. The summed E-state index contributed by atoms with van der Waals surface area (Å²) >= 11 is 0. The molecule has 1 saturated heterocycles. The Kier molecular flexibility index (Phi) is 6.00. The van der Waals surface area contributed by atoms with E-state index in [-0.39, 0.29) is 0 Å². The fourth-order valence-electron chi connectivity index (χ4n) is 3.79. The molecule has 170 valence electrons. The van der Waals surface area contributed by atoms with Crippen LogP contribution >= 0.6 is 0 Å². The van der Waals surface area contributed by atoms with Crippen molar-refractivity contribution < 1.29 is 14.6 Å². The number of aliphatic hydroxyl groups is 1. The lowest BCUT2D eigenvalue weighted by Gasteiger charge is -2.14. The van der Waals surface area contributed by atoms with Crippen LogP contribution in [0.2, 0.25) is 0 Å².